The summed E-state index contributed by atoms with van der Waals surface area (Å²) in [5.41, 5.74) is 2.60. The molecule has 0 unspecified atom stereocenters. The van der Waals surface area contributed by atoms with Crippen LogP contribution in [0.15, 0.2) is 24.3 Å². The van der Waals surface area contributed by atoms with Crippen molar-refractivity contribution in [2.24, 2.45) is 5.41 Å². The molecule has 1 nitrogen and oxygen atoms in total. The summed E-state index contributed by atoms with van der Waals surface area (Å²) in [6.45, 7) is 0. The molecule has 1 heteroatoms. The second kappa shape index (κ2) is 3.73. The van der Waals surface area contributed by atoms with Crippen molar-refractivity contribution in [3.05, 3.63) is 35.4 Å². The maximum absolute atomic E-state index is 12.2. The zero-order valence-corrected chi connectivity index (χ0v) is 9.67. The molecule has 1 saturated carbocycles. The van der Waals surface area contributed by atoms with Crippen molar-refractivity contribution in [1.29, 1.82) is 0 Å². The van der Waals surface area contributed by atoms with E-state index in [4.69, 9.17) is 0 Å². The van der Waals surface area contributed by atoms with Crippen LogP contribution < -0.4 is 0 Å². The van der Waals surface area contributed by atoms with Gasteiger partial charge in [0.15, 0.2) is 5.78 Å². The first-order valence-corrected chi connectivity index (χ1v) is 6.40. The molecule has 84 valence electrons. The molecule has 1 aromatic carbocycles. The lowest BCUT2D eigenvalue weighted by molar-refractivity contribution is 0.0822. The molecule has 3 rings (SSSR count). The first-order valence-electron chi connectivity index (χ1n) is 6.40. The van der Waals surface area contributed by atoms with Gasteiger partial charge in [-0.25, -0.2) is 0 Å². The lowest BCUT2D eigenvalue weighted by atomic mass is 9.63. The molecule has 0 heterocycles. The van der Waals surface area contributed by atoms with E-state index >= 15 is 0 Å². The third-order valence-corrected chi connectivity index (χ3v) is 4.33. The molecular formula is C15H18O. The fourth-order valence-corrected chi connectivity index (χ4v) is 3.50. The molecule has 0 saturated heterocycles. The number of fused-ring (bicyclic) bond motifs is 1. The number of Topliss-reactive ketones (excluding diaryl/α,β-unsaturated/α-hetero) is 1. The van der Waals surface area contributed by atoms with Crippen LogP contribution in [0.4, 0.5) is 0 Å². The normalized spacial score (nSPS) is 23.1. The standard InChI is InChI=1S/C15H18O/c16-14-11-15(8-4-1-5-9-15)10-12-6-2-3-7-13(12)14/h2-3,6-7H,1,4-5,8-11H2. The second-order valence-electron chi connectivity index (χ2n) is 5.49. The fraction of sp³-hybridized carbons (Fsp3) is 0.533. The average molecular weight is 214 g/mol. The smallest absolute Gasteiger partial charge is 0.163 e. The number of ketones is 1. The van der Waals surface area contributed by atoms with Crippen LogP contribution in [0.2, 0.25) is 0 Å². The third kappa shape index (κ3) is 1.59. The van der Waals surface area contributed by atoms with Gasteiger partial charge in [-0.1, -0.05) is 43.5 Å². The molecule has 16 heavy (non-hydrogen) atoms. The summed E-state index contributed by atoms with van der Waals surface area (Å²) in [6, 6.07) is 8.18. The Morgan fingerprint density at radius 3 is 2.50 bits per heavy atom. The molecule has 0 aromatic heterocycles. The highest BCUT2D eigenvalue weighted by Gasteiger charge is 2.38. The predicted molar refractivity (Wildman–Crippen MR) is 64.6 cm³/mol. The van der Waals surface area contributed by atoms with Gasteiger partial charge in [0.2, 0.25) is 0 Å². The summed E-state index contributed by atoms with van der Waals surface area (Å²) in [7, 11) is 0. The maximum atomic E-state index is 12.2. The van der Waals surface area contributed by atoms with E-state index in [9.17, 15) is 4.79 Å². The van der Waals surface area contributed by atoms with Gasteiger partial charge >= 0.3 is 0 Å². The Hall–Kier alpha value is -1.11. The lowest BCUT2D eigenvalue weighted by Gasteiger charge is -2.40. The van der Waals surface area contributed by atoms with Crippen LogP contribution in [-0.2, 0) is 6.42 Å². The molecule has 0 radical (unpaired) electrons. The van der Waals surface area contributed by atoms with Gasteiger partial charge in [-0.3, -0.25) is 4.79 Å². The Labute approximate surface area is 96.9 Å². The van der Waals surface area contributed by atoms with Gasteiger partial charge < -0.3 is 0 Å². The molecule has 0 N–H and O–H groups in total. The molecule has 0 aliphatic heterocycles. The van der Waals surface area contributed by atoms with Gasteiger partial charge in [0.25, 0.3) is 0 Å². The Kier molecular flexibility index (Phi) is 2.34. The number of hydrogen-bond donors (Lipinski definition) is 0. The van der Waals surface area contributed by atoms with E-state index in [-0.39, 0.29) is 0 Å². The minimum atomic E-state index is 0.323. The Balaban J connectivity index is 1.96. The van der Waals surface area contributed by atoms with Gasteiger partial charge in [0.05, 0.1) is 0 Å². The molecule has 0 amide bonds. The van der Waals surface area contributed by atoms with Crippen molar-refractivity contribution in [3.8, 4) is 0 Å². The van der Waals surface area contributed by atoms with Crippen LogP contribution in [0.1, 0.15) is 54.4 Å². The summed E-state index contributed by atoms with van der Waals surface area (Å²) < 4.78 is 0. The molecule has 0 atom stereocenters. The number of benzene rings is 1. The first-order chi connectivity index (χ1) is 7.79. The van der Waals surface area contributed by atoms with E-state index in [0.717, 1.165) is 18.4 Å². The summed E-state index contributed by atoms with van der Waals surface area (Å²) in [6.07, 6.45) is 8.43. The van der Waals surface area contributed by atoms with E-state index in [1.807, 2.05) is 12.1 Å². The topological polar surface area (TPSA) is 17.1 Å². The van der Waals surface area contributed by atoms with Gasteiger partial charge in [-0.2, -0.15) is 0 Å². The number of carbonyl (C=O) groups excluding carboxylic acids is 1. The van der Waals surface area contributed by atoms with E-state index in [1.54, 1.807) is 0 Å². The van der Waals surface area contributed by atoms with E-state index < -0.39 is 0 Å². The molecule has 0 bridgehead atoms. The average Bonchev–Trinajstić information content (AvgIpc) is 2.30. The largest absolute Gasteiger partial charge is 0.294 e. The zero-order chi connectivity index (χ0) is 11.0. The molecule has 1 fully saturated rings. The van der Waals surface area contributed by atoms with E-state index in [0.29, 0.717) is 11.2 Å². The van der Waals surface area contributed by atoms with E-state index in [2.05, 4.69) is 12.1 Å². The van der Waals surface area contributed by atoms with Crippen molar-refractivity contribution < 1.29 is 4.79 Å². The van der Waals surface area contributed by atoms with Gasteiger partial charge in [-0.15, -0.1) is 0 Å². The minimum Gasteiger partial charge on any atom is -0.294 e. The van der Waals surface area contributed by atoms with Crippen molar-refractivity contribution in [3.63, 3.8) is 0 Å². The lowest BCUT2D eigenvalue weighted by Crippen LogP contribution is -2.34. The van der Waals surface area contributed by atoms with Gasteiger partial charge in [-0.05, 0) is 30.2 Å². The fourth-order valence-electron chi connectivity index (χ4n) is 3.50. The summed E-state index contributed by atoms with van der Waals surface area (Å²) in [4.78, 5) is 12.2. The molecule has 1 spiro atoms. The first kappa shape index (κ1) is 10.1. The minimum absolute atomic E-state index is 0.323. The van der Waals surface area contributed by atoms with Crippen LogP contribution in [0.25, 0.3) is 0 Å². The van der Waals surface area contributed by atoms with Crippen molar-refractivity contribution >= 4 is 5.78 Å². The molecule has 1 aromatic rings. The quantitative estimate of drug-likeness (QED) is 0.642. The number of hydrogen-bond acceptors (Lipinski definition) is 1. The predicted octanol–water partition coefficient (Wildman–Crippen LogP) is 3.77. The van der Waals surface area contributed by atoms with Crippen molar-refractivity contribution in [2.45, 2.75) is 44.9 Å². The molecule has 2 aliphatic carbocycles. The number of carbonyl (C=O) groups is 1. The van der Waals surface area contributed by atoms with Crippen LogP contribution in [0, 0.1) is 5.41 Å². The van der Waals surface area contributed by atoms with Crippen LogP contribution in [-0.4, -0.2) is 5.78 Å². The third-order valence-electron chi connectivity index (χ3n) is 4.33. The SMILES string of the molecule is O=C1CC2(CCCCC2)Cc2ccccc21. The molecular weight excluding hydrogens is 196 g/mol. The van der Waals surface area contributed by atoms with Crippen molar-refractivity contribution in [2.75, 3.05) is 0 Å². The zero-order valence-electron chi connectivity index (χ0n) is 9.67. The maximum Gasteiger partial charge on any atom is 0.163 e. The van der Waals surface area contributed by atoms with Crippen molar-refractivity contribution in [1.82, 2.24) is 0 Å². The highest BCUT2D eigenvalue weighted by Crippen LogP contribution is 2.46. The Morgan fingerprint density at radius 2 is 1.69 bits per heavy atom. The van der Waals surface area contributed by atoms with Gasteiger partial charge in [0.1, 0.15) is 0 Å². The Bertz CT molecular complexity index is 413. The summed E-state index contributed by atoms with van der Waals surface area (Å²) in [5.74, 6) is 0.378. The Morgan fingerprint density at radius 1 is 0.938 bits per heavy atom. The number of rotatable bonds is 0. The second-order valence-corrected chi connectivity index (χ2v) is 5.49. The highest BCUT2D eigenvalue weighted by molar-refractivity contribution is 5.99. The monoisotopic (exact) mass is 214 g/mol. The van der Waals surface area contributed by atoms with Crippen LogP contribution in [0.3, 0.4) is 0 Å². The van der Waals surface area contributed by atoms with Crippen LogP contribution in [0.5, 0.6) is 0 Å². The summed E-state index contributed by atoms with van der Waals surface area (Å²) in [5, 5.41) is 0. The highest BCUT2D eigenvalue weighted by atomic mass is 16.1. The van der Waals surface area contributed by atoms with Crippen LogP contribution >= 0.6 is 0 Å². The molecule has 2 aliphatic rings. The summed E-state index contributed by atoms with van der Waals surface area (Å²) >= 11 is 0. The van der Waals surface area contributed by atoms with E-state index in [1.165, 1.54) is 37.7 Å². The van der Waals surface area contributed by atoms with Gasteiger partial charge in [0, 0.05) is 12.0 Å².